The molecule has 4 rings (SSSR count). The molecule has 0 unspecified atom stereocenters. The Bertz CT molecular complexity index is 1210. The van der Waals surface area contributed by atoms with Gasteiger partial charge in [-0.1, -0.05) is 67.2 Å². The number of hydrogen-bond donors (Lipinski definition) is 0. The number of allylic oxidation sites excluding steroid dienone is 1. The molecule has 2 aliphatic rings. The highest BCUT2D eigenvalue weighted by Crippen LogP contribution is 2.47. The van der Waals surface area contributed by atoms with Crippen molar-refractivity contribution in [2.24, 2.45) is 4.99 Å². The van der Waals surface area contributed by atoms with Crippen molar-refractivity contribution in [1.29, 1.82) is 0 Å². The maximum absolute atomic E-state index is 13.2. The van der Waals surface area contributed by atoms with Crippen LogP contribution in [0.5, 0.6) is 5.75 Å². The van der Waals surface area contributed by atoms with E-state index in [-0.39, 0.29) is 12.3 Å². The summed E-state index contributed by atoms with van der Waals surface area (Å²) in [6.07, 6.45) is 0.749. The van der Waals surface area contributed by atoms with Gasteiger partial charge in [0.1, 0.15) is 5.75 Å². The first kappa shape index (κ1) is 24.6. The minimum atomic E-state index is -0.519. The van der Waals surface area contributed by atoms with Gasteiger partial charge in [0.15, 0.2) is 5.17 Å². The second-order valence-corrected chi connectivity index (χ2v) is 9.09. The summed E-state index contributed by atoms with van der Waals surface area (Å²) < 4.78 is 10.8. The van der Waals surface area contributed by atoms with Crippen LogP contribution in [-0.4, -0.2) is 48.1 Å². The molecule has 0 N–H and O–H groups in total. The van der Waals surface area contributed by atoms with E-state index in [9.17, 15) is 9.59 Å². The Morgan fingerprint density at radius 1 is 1.09 bits per heavy atom. The number of nitrogens with zero attached hydrogens (tertiary/aromatic N) is 3. The highest BCUT2D eigenvalue weighted by molar-refractivity contribution is 8.16. The third kappa shape index (κ3) is 4.98. The second kappa shape index (κ2) is 10.8. The zero-order valence-corrected chi connectivity index (χ0v) is 21.2. The fourth-order valence-electron chi connectivity index (χ4n) is 4.33. The van der Waals surface area contributed by atoms with Gasteiger partial charge in [0.05, 0.1) is 38.0 Å². The van der Waals surface area contributed by atoms with E-state index < -0.39 is 12.0 Å². The lowest BCUT2D eigenvalue weighted by atomic mass is 9.92. The number of amides is 1. The number of carbonyl (C=O) groups is 2. The average molecular weight is 492 g/mol. The first-order chi connectivity index (χ1) is 17.0. The molecule has 8 heteroatoms. The van der Waals surface area contributed by atoms with Crippen molar-refractivity contribution in [3.63, 3.8) is 0 Å². The summed E-state index contributed by atoms with van der Waals surface area (Å²) in [6.45, 7) is 2.48. The topological polar surface area (TPSA) is 71.4 Å². The molecule has 0 saturated carbocycles. The zero-order chi connectivity index (χ0) is 24.9. The van der Waals surface area contributed by atoms with E-state index in [1.807, 2.05) is 71.8 Å². The molecular formula is C27H29N3O4S. The van der Waals surface area contributed by atoms with Crippen LogP contribution in [0.1, 0.15) is 36.9 Å². The smallest absolute Gasteiger partial charge is 0.338 e. The number of amidine groups is 1. The molecule has 0 aromatic heterocycles. The number of ether oxygens (including phenoxy) is 2. The summed E-state index contributed by atoms with van der Waals surface area (Å²) in [5.74, 6) is 0.189. The average Bonchev–Trinajstić information content (AvgIpc) is 3.29. The molecule has 0 aliphatic carbocycles. The maximum atomic E-state index is 13.2. The van der Waals surface area contributed by atoms with Gasteiger partial charge in [0.2, 0.25) is 5.91 Å². The lowest BCUT2D eigenvalue weighted by Gasteiger charge is -2.37. The molecule has 7 nitrogen and oxygen atoms in total. The number of benzene rings is 2. The number of carbonyl (C=O) groups excluding carboxylic acids is 2. The monoisotopic (exact) mass is 491 g/mol. The molecule has 2 heterocycles. The molecule has 0 spiro atoms. The van der Waals surface area contributed by atoms with E-state index in [1.54, 1.807) is 19.1 Å². The standard InChI is InChI=1S/C27H29N3O4S/c1-5-21-24(26(32)34-4)25(20-13-9-10-14-22(20)33-3)30-19(17-35-27(30)28-21)15-23(31)29(2)16-18-11-7-6-8-12-18/h6-14,17,25H,5,15-16H2,1-4H3/t25-/m1/s1. The second-order valence-electron chi connectivity index (χ2n) is 8.25. The number of aliphatic imine (C=N–C) groups is 1. The highest BCUT2D eigenvalue weighted by atomic mass is 32.2. The Kier molecular flexibility index (Phi) is 7.60. The Labute approximate surface area is 210 Å². The summed E-state index contributed by atoms with van der Waals surface area (Å²) in [4.78, 5) is 34.7. The number of para-hydroxylation sites is 1. The van der Waals surface area contributed by atoms with Gasteiger partial charge in [-0.2, -0.15) is 0 Å². The van der Waals surface area contributed by atoms with Crippen LogP contribution in [0.2, 0.25) is 0 Å². The van der Waals surface area contributed by atoms with Crippen LogP contribution >= 0.6 is 11.8 Å². The van der Waals surface area contributed by atoms with Gasteiger partial charge < -0.3 is 19.3 Å². The molecule has 0 radical (unpaired) electrons. The summed E-state index contributed by atoms with van der Waals surface area (Å²) in [6, 6.07) is 17.0. The van der Waals surface area contributed by atoms with Crippen LogP contribution in [0.3, 0.4) is 0 Å². The lowest BCUT2D eigenvalue weighted by Crippen LogP contribution is -2.38. The minimum Gasteiger partial charge on any atom is -0.496 e. The predicted molar refractivity (Wildman–Crippen MR) is 138 cm³/mol. The summed E-state index contributed by atoms with van der Waals surface area (Å²) >= 11 is 1.46. The summed E-state index contributed by atoms with van der Waals surface area (Å²) in [5, 5.41) is 2.68. The normalized spacial score (nSPS) is 16.9. The van der Waals surface area contributed by atoms with Gasteiger partial charge in [0, 0.05) is 24.9 Å². The van der Waals surface area contributed by atoms with Crippen molar-refractivity contribution in [3.05, 3.63) is 88.1 Å². The molecule has 2 aromatic carbocycles. The first-order valence-electron chi connectivity index (χ1n) is 11.4. The number of hydrogen-bond acceptors (Lipinski definition) is 7. The number of fused-ring (bicyclic) bond motifs is 1. The third-order valence-electron chi connectivity index (χ3n) is 6.08. The Balaban J connectivity index is 1.69. The van der Waals surface area contributed by atoms with Crippen LogP contribution in [0.4, 0.5) is 0 Å². The van der Waals surface area contributed by atoms with E-state index in [0.29, 0.717) is 30.0 Å². The first-order valence-corrected chi connectivity index (χ1v) is 12.3. The molecule has 182 valence electrons. The van der Waals surface area contributed by atoms with Crippen LogP contribution in [0.15, 0.2) is 82.0 Å². The van der Waals surface area contributed by atoms with Crippen molar-refractivity contribution in [2.45, 2.75) is 32.4 Å². The number of thioether (sulfide) groups is 1. The van der Waals surface area contributed by atoms with Gasteiger partial charge in [-0.15, -0.1) is 0 Å². The van der Waals surface area contributed by atoms with Gasteiger partial charge in [0.25, 0.3) is 0 Å². The quantitative estimate of drug-likeness (QED) is 0.490. The molecule has 1 atom stereocenters. The van der Waals surface area contributed by atoms with E-state index in [0.717, 1.165) is 22.0 Å². The Morgan fingerprint density at radius 3 is 2.49 bits per heavy atom. The molecule has 2 aromatic rings. The maximum Gasteiger partial charge on any atom is 0.338 e. The zero-order valence-electron chi connectivity index (χ0n) is 20.4. The van der Waals surface area contributed by atoms with Crippen LogP contribution < -0.4 is 4.74 Å². The minimum absolute atomic E-state index is 0.0226. The van der Waals surface area contributed by atoms with Crippen LogP contribution in [-0.2, 0) is 20.9 Å². The summed E-state index contributed by atoms with van der Waals surface area (Å²) in [7, 11) is 4.78. The van der Waals surface area contributed by atoms with Crippen LogP contribution in [0, 0.1) is 0 Å². The van der Waals surface area contributed by atoms with E-state index in [2.05, 4.69) is 0 Å². The van der Waals surface area contributed by atoms with E-state index in [4.69, 9.17) is 14.5 Å². The van der Waals surface area contributed by atoms with Crippen molar-refractivity contribution in [1.82, 2.24) is 9.80 Å². The predicted octanol–water partition coefficient (Wildman–Crippen LogP) is 4.88. The van der Waals surface area contributed by atoms with Crippen LogP contribution in [0.25, 0.3) is 0 Å². The summed E-state index contributed by atoms with van der Waals surface area (Å²) in [5.41, 5.74) is 3.79. The van der Waals surface area contributed by atoms with Crippen molar-refractivity contribution < 1.29 is 19.1 Å². The van der Waals surface area contributed by atoms with E-state index in [1.165, 1.54) is 18.9 Å². The molecule has 1 amide bonds. The Morgan fingerprint density at radius 2 is 1.80 bits per heavy atom. The van der Waals surface area contributed by atoms with E-state index >= 15 is 0 Å². The molecule has 2 aliphatic heterocycles. The molecule has 0 bridgehead atoms. The van der Waals surface area contributed by atoms with Crippen molar-refractivity contribution in [2.75, 3.05) is 21.3 Å². The van der Waals surface area contributed by atoms with Gasteiger partial charge in [-0.3, -0.25) is 4.79 Å². The lowest BCUT2D eigenvalue weighted by molar-refractivity contribution is -0.136. The highest BCUT2D eigenvalue weighted by Gasteiger charge is 2.42. The fourth-order valence-corrected chi connectivity index (χ4v) is 5.27. The van der Waals surface area contributed by atoms with Gasteiger partial charge in [-0.05, 0) is 23.5 Å². The third-order valence-corrected chi connectivity index (χ3v) is 6.97. The Hall–Kier alpha value is -3.52. The number of esters is 1. The van der Waals surface area contributed by atoms with Crippen molar-refractivity contribution in [3.8, 4) is 5.75 Å². The van der Waals surface area contributed by atoms with Gasteiger partial charge in [-0.25, -0.2) is 9.79 Å². The molecule has 0 saturated heterocycles. The molecule has 35 heavy (non-hydrogen) atoms. The largest absolute Gasteiger partial charge is 0.496 e. The molecule has 0 fully saturated rings. The molecular weight excluding hydrogens is 462 g/mol. The van der Waals surface area contributed by atoms with Crippen molar-refractivity contribution >= 4 is 28.8 Å². The number of rotatable bonds is 8. The number of methoxy groups -OCH3 is 2. The fraction of sp³-hybridized carbons (Fsp3) is 0.296. The SMILES string of the molecule is CCC1=C(C(=O)OC)[C@@H](c2ccccc2OC)N2C(CC(=O)N(C)Cc3ccccc3)=CSC2=N1. The van der Waals surface area contributed by atoms with Gasteiger partial charge >= 0.3 is 5.97 Å².